The van der Waals surface area contributed by atoms with Crippen LogP contribution in [0.4, 0.5) is 5.69 Å². The molecule has 0 fully saturated rings. The Kier molecular flexibility index (Phi) is 3.32. The number of hydrogen-bond acceptors (Lipinski definition) is 7. The van der Waals surface area contributed by atoms with Gasteiger partial charge in [0.2, 0.25) is 0 Å². The Balaban J connectivity index is 2.07. The summed E-state index contributed by atoms with van der Waals surface area (Å²) in [6.07, 6.45) is 0. The second-order valence-electron chi connectivity index (χ2n) is 3.98. The maximum absolute atomic E-state index is 12.0. The molecule has 21 heavy (non-hydrogen) atoms. The van der Waals surface area contributed by atoms with E-state index in [0.717, 1.165) is 10.1 Å². The van der Waals surface area contributed by atoms with E-state index in [9.17, 15) is 9.59 Å². The number of ether oxygens (including phenoxy) is 1. The summed E-state index contributed by atoms with van der Waals surface area (Å²) in [4.78, 5) is 24.2. The maximum Gasteiger partial charge on any atom is 0.350 e. The second-order valence-corrected chi connectivity index (χ2v) is 5.04. The number of esters is 1. The number of fused-ring (bicyclic) bond motifs is 1. The van der Waals surface area contributed by atoms with Gasteiger partial charge < -0.3 is 10.1 Å². The normalized spacial score (nSPS) is 10.5. The third-order valence-electron chi connectivity index (χ3n) is 2.75. The lowest BCUT2D eigenvalue weighted by Gasteiger charge is -2.04. The average Bonchev–Trinajstić information content (AvgIpc) is 3.15. The molecule has 0 unspecified atom stereocenters. The Labute approximate surface area is 122 Å². The van der Waals surface area contributed by atoms with Crippen LogP contribution in [0.25, 0.3) is 10.1 Å². The molecule has 0 saturated heterocycles. The molecule has 0 bridgehead atoms. The van der Waals surface area contributed by atoms with Crippen molar-refractivity contribution in [3.8, 4) is 0 Å². The average molecular weight is 303 g/mol. The lowest BCUT2D eigenvalue weighted by molar-refractivity contribution is 0.0607. The van der Waals surface area contributed by atoms with Crippen LogP contribution in [0.1, 0.15) is 20.3 Å². The van der Waals surface area contributed by atoms with E-state index in [4.69, 9.17) is 4.74 Å². The molecular formula is C12H9N5O3S. The SMILES string of the molecule is COC(=O)c1sc2ccccc2c1NC(=O)c1nn[nH]n1. The molecule has 2 N–H and O–H groups in total. The second kappa shape index (κ2) is 5.29. The molecule has 106 valence electrons. The summed E-state index contributed by atoms with van der Waals surface area (Å²) in [6, 6.07) is 7.34. The fourth-order valence-corrected chi connectivity index (χ4v) is 2.91. The van der Waals surface area contributed by atoms with Crippen LogP contribution in [0.5, 0.6) is 0 Å². The minimum atomic E-state index is -0.558. The highest BCUT2D eigenvalue weighted by atomic mass is 32.1. The van der Waals surface area contributed by atoms with Gasteiger partial charge in [-0.1, -0.05) is 18.2 Å². The van der Waals surface area contributed by atoms with E-state index in [-0.39, 0.29) is 5.82 Å². The number of H-pyrrole nitrogens is 1. The largest absolute Gasteiger partial charge is 0.465 e. The highest BCUT2D eigenvalue weighted by molar-refractivity contribution is 7.21. The fourth-order valence-electron chi connectivity index (χ4n) is 1.83. The highest BCUT2D eigenvalue weighted by Crippen LogP contribution is 2.36. The number of methoxy groups -OCH3 is 1. The minimum absolute atomic E-state index is 0.110. The van der Waals surface area contributed by atoms with E-state index < -0.39 is 11.9 Å². The standard InChI is InChI=1S/C12H9N5O3S/c1-20-12(19)9-8(6-4-2-3-5-7(6)21-9)13-11(18)10-14-16-17-15-10/h2-5H,1H3,(H,13,18)(H,14,15,16,17). The summed E-state index contributed by atoms with van der Waals surface area (Å²) < 4.78 is 5.61. The van der Waals surface area contributed by atoms with E-state index in [0.29, 0.717) is 10.6 Å². The number of tetrazole rings is 1. The summed E-state index contributed by atoms with van der Waals surface area (Å²) in [6.45, 7) is 0. The van der Waals surface area contributed by atoms with Crippen molar-refractivity contribution in [3.63, 3.8) is 0 Å². The number of aromatic nitrogens is 4. The molecule has 0 spiro atoms. The van der Waals surface area contributed by atoms with Gasteiger partial charge in [-0.15, -0.1) is 21.5 Å². The smallest absolute Gasteiger partial charge is 0.350 e. The number of carbonyl (C=O) groups is 2. The van der Waals surface area contributed by atoms with Gasteiger partial charge in [-0.25, -0.2) is 4.79 Å². The number of nitrogens with one attached hydrogen (secondary N) is 2. The Morgan fingerprint density at radius 1 is 1.33 bits per heavy atom. The molecular weight excluding hydrogens is 294 g/mol. The number of anilines is 1. The van der Waals surface area contributed by atoms with E-state index in [1.165, 1.54) is 18.4 Å². The lowest BCUT2D eigenvalue weighted by Crippen LogP contribution is -2.15. The van der Waals surface area contributed by atoms with E-state index >= 15 is 0 Å². The zero-order valence-corrected chi connectivity index (χ0v) is 11.6. The van der Waals surface area contributed by atoms with Gasteiger partial charge in [-0.2, -0.15) is 5.21 Å². The first kappa shape index (κ1) is 13.2. The topological polar surface area (TPSA) is 110 Å². The molecule has 0 atom stereocenters. The number of aromatic amines is 1. The van der Waals surface area contributed by atoms with Gasteiger partial charge in [0.1, 0.15) is 4.88 Å². The van der Waals surface area contributed by atoms with Crippen LogP contribution in [0.15, 0.2) is 24.3 Å². The van der Waals surface area contributed by atoms with Crippen LogP contribution in [0, 0.1) is 0 Å². The van der Waals surface area contributed by atoms with Crippen molar-refractivity contribution in [3.05, 3.63) is 35.0 Å². The third-order valence-corrected chi connectivity index (χ3v) is 3.90. The highest BCUT2D eigenvalue weighted by Gasteiger charge is 2.22. The quantitative estimate of drug-likeness (QED) is 0.709. The first-order valence-corrected chi connectivity index (χ1v) is 6.67. The van der Waals surface area contributed by atoms with Crippen LogP contribution >= 0.6 is 11.3 Å². The predicted octanol–water partition coefficient (Wildman–Crippen LogP) is 1.45. The van der Waals surface area contributed by atoms with Crippen molar-refractivity contribution in [1.82, 2.24) is 20.6 Å². The molecule has 0 saturated carbocycles. The van der Waals surface area contributed by atoms with Gasteiger partial charge in [0.15, 0.2) is 0 Å². The van der Waals surface area contributed by atoms with Gasteiger partial charge in [-0.05, 0) is 11.3 Å². The van der Waals surface area contributed by atoms with Crippen LogP contribution in [-0.4, -0.2) is 39.6 Å². The van der Waals surface area contributed by atoms with Crippen molar-refractivity contribution >= 4 is 39.0 Å². The lowest BCUT2D eigenvalue weighted by atomic mass is 10.2. The number of amides is 1. The summed E-state index contributed by atoms with van der Waals surface area (Å²) in [7, 11) is 1.29. The summed E-state index contributed by atoms with van der Waals surface area (Å²) in [5, 5.41) is 16.1. The Bertz CT molecular complexity index is 812. The summed E-state index contributed by atoms with van der Waals surface area (Å²) in [5.41, 5.74) is 0.386. The first-order valence-electron chi connectivity index (χ1n) is 5.85. The molecule has 1 aromatic carbocycles. The van der Waals surface area contributed by atoms with E-state index in [1.54, 1.807) is 0 Å². The van der Waals surface area contributed by atoms with Gasteiger partial charge in [0, 0.05) is 10.1 Å². The van der Waals surface area contributed by atoms with Crippen molar-refractivity contribution in [2.45, 2.75) is 0 Å². The molecule has 0 radical (unpaired) electrons. The molecule has 3 aromatic rings. The zero-order valence-electron chi connectivity index (χ0n) is 10.8. The van der Waals surface area contributed by atoms with Crippen molar-refractivity contribution in [1.29, 1.82) is 0 Å². The molecule has 8 nitrogen and oxygen atoms in total. The number of nitrogens with zero attached hydrogens (tertiary/aromatic N) is 3. The maximum atomic E-state index is 12.0. The molecule has 0 aliphatic carbocycles. The van der Waals surface area contributed by atoms with Crippen LogP contribution in [0.3, 0.4) is 0 Å². The minimum Gasteiger partial charge on any atom is -0.465 e. The van der Waals surface area contributed by atoms with Gasteiger partial charge in [0.05, 0.1) is 12.8 Å². The van der Waals surface area contributed by atoms with Crippen LogP contribution in [0.2, 0.25) is 0 Å². The molecule has 3 rings (SSSR count). The van der Waals surface area contributed by atoms with Crippen molar-refractivity contribution in [2.75, 3.05) is 12.4 Å². The third kappa shape index (κ3) is 2.34. The number of thiophene rings is 1. The first-order chi connectivity index (χ1) is 10.2. The number of carbonyl (C=O) groups excluding carboxylic acids is 2. The Morgan fingerprint density at radius 2 is 2.14 bits per heavy atom. The summed E-state index contributed by atoms with van der Waals surface area (Å²) >= 11 is 1.24. The molecule has 1 amide bonds. The number of hydrogen-bond donors (Lipinski definition) is 2. The molecule has 2 heterocycles. The predicted molar refractivity (Wildman–Crippen MR) is 75.3 cm³/mol. The van der Waals surface area contributed by atoms with Crippen LogP contribution < -0.4 is 5.32 Å². The Hall–Kier alpha value is -2.81. The monoisotopic (exact) mass is 303 g/mol. The van der Waals surface area contributed by atoms with Gasteiger partial charge in [0.25, 0.3) is 11.7 Å². The molecule has 2 aromatic heterocycles. The van der Waals surface area contributed by atoms with E-state index in [1.807, 2.05) is 24.3 Å². The van der Waals surface area contributed by atoms with Gasteiger partial charge in [-0.3, -0.25) is 4.79 Å². The van der Waals surface area contributed by atoms with Crippen molar-refractivity contribution in [2.24, 2.45) is 0 Å². The van der Waals surface area contributed by atoms with Crippen LogP contribution in [-0.2, 0) is 4.74 Å². The molecule has 9 heteroatoms. The van der Waals surface area contributed by atoms with Gasteiger partial charge >= 0.3 is 5.97 Å². The Morgan fingerprint density at radius 3 is 2.86 bits per heavy atom. The zero-order chi connectivity index (χ0) is 14.8. The molecule has 0 aliphatic rings. The molecule has 0 aliphatic heterocycles. The van der Waals surface area contributed by atoms with E-state index in [2.05, 4.69) is 25.9 Å². The fraction of sp³-hybridized carbons (Fsp3) is 0.0833. The van der Waals surface area contributed by atoms with Crippen molar-refractivity contribution < 1.29 is 14.3 Å². The number of rotatable bonds is 3. The summed E-state index contributed by atoms with van der Waals surface area (Å²) in [5.74, 6) is -1.18. The number of benzene rings is 1.